The number of hydrogen-bond acceptors (Lipinski definition) is 2. The molecule has 1 aliphatic carbocycles. The highest BCUT2D eigenvalue weighted by atomic mass is 35.5. The van der Waals surface area contributed by atoms with Crippen molar-refractivity contribution in [3.8, 4) is 0 Å². The molecule has 4 heteroatoms. The van der Waals surface area contributed by atoms with Crippen LogP contribution >= 0.6 is 11.6 Å². The molecule has 1 fully saturated rings. The Bertz CT molecular complexity index is 484. The molecule has 116 valence electrons. The molecule has 0 aliphatic heterocycles. The van der Waals surface area contributed by atoms with Crippen LogP contribution in [-0.2, 0) is 10.2 Å². The van der Waals surface area contributed by atoms with Crippen LogP contribution in [0, 0.1) is 11.8 Å². The molecule has 21 heavy (non-hydrogen) atoms. The van der Waals surface area contributed by atoms with Gasteiger partial charge in [-0.05, 0) is 43.0 Å². The minimum Gasteiger partial charge on any atom is -0.355 e. The lowest BCUT2D eigenvalue weighted by molar-refractivity contribution is -0.126. The summed E-state index contributed by atoms with van der Waals surface area (Å²) in [5, 5.41) is 3.85. The molecule has 2 atom stereocenters. The average Bonchev–Trinajstić information content (AvgIpc) is 2.94. The minimum absolute atomic E-state index is 0.0935. The van der Waals surface area contributed by atoms with Crippen molar-refractivity contribution < 1.29 is 4.79 Å². The number of hydrogen-bond donors (Lipinski definition) is 2. The minimum atomic E-state index is -0.114. The normalized spacial score (nSPS) is 22.3. The molecule has 0 bridgehead atoms. The maximum atomic E-state index is 12.4. The first kappa shape index (κ1) is 16.3. The first-order valence-electron chi connectivity index (χ1n) is 7.68. The third kappa shape index (κ3) is 3.98. The number of halogens is 1. The smallest absolute Gasteiger partial charge is 0.223 e. The molecule has 1 aromatic rings. The van der Waals surface area contributed by atoms with Crippen LogP contribution in [0.25, 0.3) is 0 Å². The zero-order valence-electron chi connectivity index (χ0n) is 12.9. The van der Waals surface area contributed by atoms with Gasteiger partial charge in [0.1, 0.15) is 0 Å². The predicted octanol–water partition coefficient (Wildman–Crippen LogP) is 3.11. The van der Waals surface area contributed by atoms with E-state index in [1.807, 2.05) is 24.3 Å². The Hall–Kier alpha value is -1.06. The van der Waals surface area contributed by atoms with Gasteiger partial charge >= 0.3 is 0 Å². The summed E-state index contributed by atoms with van der Waals surface area (Å²) in [5.74, 6) is 0.602. The standard InChI is InChI=1S/C17H25ClN2O/c1-17(2,13-6-8-14(18)9-7-13)11-20-16(21)15-5-3-4-12(15)10-19/h6-9,12,15H,3-5,10-11,19H2,1-2H3,(H,20,21)/t12-,15-/m1/s1. The second kappa shape index (κ2) is 6.80. The van der Waals surface area contributed by atoms with Gasteiger partial charge < -0.3 is 11.1 Å². The van der Waals surface area contributed by atoms with Crippen LogP contribution in [0.3, 0.4) is 0 Å². The van der Waals surface area contributed by atoms with Crippen molar-refractivity contribution in [3.63, 3.8) is 0 Å². The monoisotopic (exact) mass is 308 g/mol. The fourth-order valence-electron chi connectivity index (χ4n) is 3.11. The zero-order chi connectivity index (χ0) is 15.5. The summed E-state index contributed by atoms with van der Waals surface area (Å²) >= 11 is 5.93. The van der Waals surface area contributed by atoms with Crippen molar-refractivity contribution >= 4 is 17.5 Å². The fraction of sp³-hybridized carbons (Fsp3) is 0.588. The van der Waals surface area contributed by atoms with E-state index in [0.717, 1.165) is 24.3 Å². The van der Waals surface area contributed by atoms with Crippen LogP contribution in [0.5, 0.6) is 0 Å². The maximum Gasteiger partial charge on any atom is 0.223 e. The van der Waals surface area contributed by atoms with Gasteiger partial charge in [0.25, 0.3) is 0 Å². The van der Waals surface area contributed by atoms with Crippen molar-refractivity contribution in [1.82, 2.24) is 5.32 Å². The summed E-state index contributed by atoms with van der Waals surface area (Å²) in [5.41, 5.74) is 6.82. The van der Waals surface area contributed by atoms with Crippen LogP contribution in [0.4, 0.5) is 0 Å². The summed E-state index contributed by atoms with van der Waals surface area (Å²) in [7, 11) is 0. The lowest BCUT2D eigenvalue weighted by Gasteiger charge is -2.27. The van der Waals surface area contributed by atoms with Gasteiger partial charge in [-0.25, -0.2) is 0 Å². The summed E-state index contributed by atoms with van der Waals surface area (Å²) < 4.78 is 0. The van der Waals surface area contributed by atoms with E-state index in [1.165, 1.54) is 5.56 Å². The number of carbonyl (C=O) groups excluding carboxylic acids is 1. The van der Waals surface area contributed by atoms with E-state index in [1.54, 1.807) is 0 Å². The third-order valence-corrected chi connectivity index (χ3v) is 4.88. The summed E-state index contributed by atoms with van der Waals surface area (Å²) in [6, 6.07) is 7.82. The summed E-state index contributed by atoms with van der Waals surface area (Å²) in [4.78, 5) is 12.4. The van der Waals surface area contributed by atoms with Crippen molar-refractivity contribution in [1.29, 1.82) is 0 Å². The van der Waals surface area contributed by atoms with E-state index in [-0.39, 0.29) is 17.2 Å². The molecule has 0 heterocycles. The molecule has 0 radical (unpaired) electrons. The molecule has 1 amide bonds. The van der Waals surface area contributed by atoms with Gasteiger partial charge in [0.2, 0.25) is 5.91 Å². The van der Waals surface area contributed by atoms with Gasteiger partial charge in [0.15, 0.2) is 0 Å². The highest BCUT2D eigenvalue weighted by Crippen LogP contribution is 2.31. The Morgan fingerprint density at radius 2 is 2.00 bits per heavy atom. The van der Waals surface area contributed by atoms with Crippen LogP contribution < -0.4 is 11.1 Å². The second-order valence-electron chi connectivity index (χ2n) is 6.64. The van der Waals surface area contributed by atoms with E-state index in [2.05, 4.69) is 19.2 Å². The Labute approximate surface area is 132 Å². The van der Waals surface area contributed by atoms with Crippen molar-refractivity contribution in [2.24, 2.45) is 17.6 Å². The quantitative estimate of drug-likeness (QED) is 0.878. The molecule has 0 spiro atoms. The Morgan fingerprint density at radius 3 is 2.62 bits per heavy atom. The number of amides is 1. The van der Waals surface area contributed by atoms with Crippen molar-refractivity contribution in [2.45, 2.75) is 38.5 Å². The number of nitrogens with one attached hydrogen (secondary N) is 1. The first-order valence-corrected chi connectivity index (χ1v) is 8.05. The molecular formula is C17H25ClN2O. The first-order chi connectivity index (χ1) is 9.94. The lowest BCUT2D eigenvalue weighted by atomic mass is 9.84. The highest BCUT2D eigenvalue weighted by Gasteiger charge is 2.32. The largest absolute Gasteiger partial charge is 0.355 e. The molecule has 1 aromatic carbocycles. The van der Waals surface area contributed by atoms with E-state index >= 15 is 0 Å². The van der Waals surface area contributed by atoms with E-state index in [0.29, 0.717) is 19.0 Å². The summed E-state index contributed by atoms with van der Waals surface area (Å²) in [6.45, 7) is 5.50. The maximum absolute atomic E-state index is 12.4. The molecule has 3 nitrogen and oxygen atoms in total. The number of nitrogens with two attached hydrogens (primary N) is 1. The van der Waals surface area contributed by atoms with E-state index < -0.39 is 0 Å². The van der Waals surface area contributed by atoms with Crippen LogP contribution in [0.1, 0.15) is 38.7 Å². The van der Waals surface area contributed by atoms with Gasteiger partial charge in [-0.15, -0.1) is 0 Å². The van der Waals surface area contributed by atoms with Crippen LogP contribution in [0.15, 0.2) is 24.3 Å². The van der Waals surface area contributed by atoms with E-state index in [9.17, 15) is 4.79 Å². The van der Waals surface area contributed by atoms with Crippen molar-refractivity contribution in [3.05, 3.63) is 34.9 Å². The zero-order valence-corrected chi connectivity index (χ0v) is 13.6. The van der Waals surface area contributed by atoms with E-state index in [4.69, 9.17) is 17.3 Å². The Balaban J connectivity index is 1.95. The molecule has 0 saturated heterocycles. The number of rotatable bonds is 5. The predicted molar refractivity (Wildman–Crippen MR) is 87.4 cm³/mol. The average molecular weight is 309 g/mol. The van der Waals surface area contributed by atoms with Gasteiger partial charge in [-0.3, -0.25) is 4.79 Å². The molecule has 0 aromatic heterocycles. The van der Waals surface area contributed by atoms with Gasteiger partial charge in [-0.2, -0.15) is 0 Å². The van der Waals surface area contributed by atoms with Gasteiger partial charge in [0.05, 0.1) is 0 Å². The molecule has 2 rings (SSSR count). The lowest BCUT2D eigenvalue weighted by Crippen LogP contribution is -2.41. The molecule has 3 N–H and O–H groups in total. The highest BCUT2D eigenvalue weighted by molar-refractivity contribution is 6.30. The van der Waals surface area contributed by atoms with Gasteiger partial charge in [0, 0.05) is 22.9 Å². The molecular weight excluding hydrogens is 284 g/mol. The third-order valence-electron chi connectivity index (χ3n) is 4.63. The van der Waals surface area contributed by atoms with Crippen LogP contribution in [-0.4, -0.2) is 19.0 Å². The van der Waals surface area contributed by atoms with Gasteiger partial charge in [-0.1, -0.05) is 44.0 Å². The van der Waals surface area contributed by atoms with Crippen molar-refractivity contribution in [2.75, 3.05) is 13.1 Å². The molecule has 1 aliphatic rings. The molecule has 1 saturated carbocycles. The Morgan fingerprint density at radius 1 is 1.33 bits per heavy atom. The number of benzene rings is 1. The topological polar surface area (TPSA) is 55.1 Å². The molecule has 0 unspecified atom stereocenters. The fourth-order valence-corrected chi connectivity index (χ4v) is 3.23. The second-order valence-corrected chi connectivity index (χ2v) is 7.08. The Kier molecular flexibility index (Phi) is 5.28. The van der Waals surface area contributed by atoms with Crippen LogP contribution in [0.2, 0.25) is 5.02 Å². The SMILES string of the molecule is CC(C)(CNC(=O)[C@@H]1CCC[C@@H]1CN)c1ccc(Cl)cc1. The summed E-state index contributed by atoms with van der Waals surface area (Å²) in [6.07, 6.45) is 3.16. The number of carbonyl (C=O) groups is 1.